The van der Waals surface area contributed by atoms with Gasteiger partial charge >= 0.3 is 0 Å². The van der Waals surface area contributed by atoms with Gasteiger partial charge in [0.05, 0.1) is 4.90 Å². The third-order valence-corrected chi connectivity index (χ3v) is 7.25. The fourth-order valence-corrected chi connectivity index (χ4v) is 5.00. The van der Waals surface area contributed by atoms with Gasteiger partial charge in [0.15, 0.2) is 11.5 Å². The number of rotatable bonds is 4. The number of benzene rings is 2. The van der Waals surface area contributed by atoms with E-state index in [1.807, 2.05) is 18.2 Å². The predicted molar refractivity (Wildman–Crippen MR) is 113 cm³/mol. The van der Waals surface area contributed by atoms with E-state index in [-0.39, 0.29) is 23.9 Å². The number of nitrogens with zero attached hydrogens (tertiary/aromatic N) is 2. The van der Waals surface area contributed by atoms with Crippen LogP contribution < -0.4 is 9.47 Å². The van der Waals surface area contributed by atoms with Crippen LogP contribution in [-0.4, -0.2) is 62.9 Å². The van der Waals surface area contributed by atoms with E-state index in [2.05, 4.69) is 0 Å². The Bertz CT molecular complexity index is 1080. The number of carbonyl (C=O) groups excluding carboxylic acids is 1. The van der Waals surface area contributed by atoms with Crippen LogP contribution in [-0.2, 0) is 14.8 Å². The van der Waals surface area contributed by atoms with Gasteiger partial charge in [0.25, 0.3) is 0 Å². The number of sulfonamides is 1. The molecule has 2 aromatic carbocycles. The third-order valence-electron chi connectivity index (χ3n) is 5.01. The second kappa shape index (κ2) is 8.67. The summed E-state index contributed by atoms with van der Waals surface area (Å²) in [6.07, 6.45) is 3.13. The fourth-order valence-electron chi connectivity index (χ4n) is 3.36. The number of amides is 1. The van der Waals surface area contributed by atoms with Crippen LogP contribution in [0.4, 0.5) is 0 Å². The van der Waals surface area contributed by atoms with Crippen molar-refractivity contribution in [1.29, 1.82) is 0 Å². The zero-order chi connectivity index (χ0) is 21.1. The minimum Gasteiger partial charge on any atom is -0.486 e. The van der Waals surface area contributed by atoms with E-state index < -0.39 is 10.0 Å². The summed E-state index contributed by atoms with van der Waals surface area (Å²) >= 11 is 6.10. The van der Waals surface area contributed by atoms with Crippen molar-refractivity contribution in [2.75, 3.05) is 39.4 Å². The summed E-state index contributed by atoms with van der Waals surface area (Å²) in [4.78, 5) is 14.3. The molecule has 2 aromatic rings. The molecule has 2 heterocycles. The van der Waals surface area contributed by atoms with Crippen molar-refractivity contribution in [3.05, 3.63) is 59.1 Å². The van der Waals surface area contributed by atoms with Crippen molar-refractivity contribution < 1.29 is 22.7 Å². The van der Waals surface area contributed by atoms with Gasteiger partial charge in [-0.25, -0.2) is 8.42 Å². The van der Waals surface area contributed by atoms with Gasteiger partial charge in [0.2, 0.25) is 15.9 Å². The monoisotopic (exact) mass is 448 g/mol. The van der Waals surface area contributed by atoms with Crippen LogP contribution in [0.15, 0.2) is 53.4 Å². The van der Waals surface area contributed by atoms with Gasteiger partial charge in [-0.2, -0.15) is 4.31 Å². The Morgan fingerprint density at radius 1 is 0.967 bits per heavy atom. The predicted octanol–water partition coefficient (Wildman–Crippen LogP) is 2.66. The first-order chi connectivity index (χ1) is 14.4. The Morgan fingerprint density at radius 2 is 1.67 bits per heavy atom. The largest absolute Gasteiger partial charge is 0.486 e. The Kier molecular flexibility index (Phi) is 5.99. The standard InChI is InChI=1S/C21H21ClN2O5S/c22-18-4-2-1-3-16(18)5-8-21(25)23-9-11-24(12-10-23)30(26,27)17-6-7-19-20(15-17)29-14-13-28-19/h1-8,15H,9-14H2/b8-5+. The number of halogens is 1. The minimum absolute atomic E-state index is 0.158. The number of hydrogen-bond donors (Lipinski definition) is 0. The molecule has 0 bridgehead atoms. The molecule has 4 rings (SSSR count). The molecule has 9 heteroatoms. The Labute approximate surface area is 180 Å². The van der Waals surface area contributed by atoms with Crippen molar-refractivity contribution in [3.63, 3.8) is 0 Å². The van der Waals surface area contributed by atoms with Gasteiger partial charge in [-0.05, 0) is 29.8 Å². The highest BCUT2D eigenvalue weighted by Gasteiger charge is 2.30. The average molecular weight is 449 g/mol. The lowest BCUT2D eigenvalue weighted by atomic mass is 10.2. The van der Waals surface area contributed by atoms with E-state index in [1.54, 1.807) is 23.1 Å². The van der Waals surface area contributed by atoms with E-state index in [0.29, 0.717) is 42.8 Å². The lowest BCUT2D eigenvalue weighted by Gasteiger charge is -2.33. The molecule has 1 saturated heterocycles. The van der Waals surface area contributed by atoms with Crippen molar-refractivity contribution in [2.24, 2.45) is 0 Å². The molecule has 1 fully saturated rings. The van der Waals surface area contributed by atoms with Crippen LogP contribution in [0.25, 0.3) is 6.08 Å². The van der Waals surface area contributed by atoms with E-state index >= 15 is 0 Å². The van der Waals surface area contributed by atoms with Crippen LogP contribution in [0.1, 0.15) is 5.56 Å². The molecule has 0 N–H and O–H groups in total. The van der Waals surface area contributed by atoms with Crippen molar-refractivity contribution in [1.82, 2.24) is 9.21 Å². The summed E-state index contributed by atoms with van der Waals surface area (Å²) in [7, 11) is -3.68. The summed E-state index contributed by atoms with van der Waals surface area (Å²) in [6, 6.07) is 11.9. The maximum atomic E-state index is 13.0. The molecule has 0 aromatic heterocycles. The second-order valence-corrected chi connectivity index (χ2v) is 9.23. The quantitative estimate of drug-likeness (QED) is 0.672. The number of carbonyl (C=O) groups is 1. The van der Waals surface area contributed by atoms with Gasteiger partial charge in [-0.1, -0.05) is 29.8 Å². The molecule has 0 spiro atoms. The van der Waals surface area contributed by atoms with Gasteiger partial charge in [0.1, 0.15) is 13.2 Å². The molecular formula is C21H21ClN2O5S. The smallest absolute Gasteiger partial charge is 0.246 e. The van der Waals surface area contributed by atoms with Crippen molar-refractivity contribution in [2.45, 2.75) is 4.90 Å². The van der Waals surface area contributed by atoms with E-state index in [0.717, 1.165) is 5.56 Å². The number of hydrogen-bond acceptors (Lipinski definition) is 5. The fraction of sp³-hybridized carbons (Fsp3) is 0.286. The van der Waals surface area contributed by atoms with Crippen LogP contribution in [0.3, 0.4) is 0 Å². The van der Waals surface area contributed by atoms with Crippen LogP contribution >= 0.6 is 11.6 Å². The summed E-state index contributed by atoms with van der Waals surface area (Å²) in [5.41, 5.74) is 0.757. The van der Waals surface area contributed by atoms with E-state index in [9.17, 15) is 13.2 Å². The third kappa shape index (κ3) is 4.30. The molecule has 7 nitrogen and oxygen atoms in total. The molecular weight excluding hydrogens is 428 g/mol. The molecule has 2 aliphatic rings. The molecule has 0 saturated carbocycles. The lowest BCUT2D eigenvalue weighted by Crippen LogP contribution is -2.50. The van der Waals surface area contributed by atoms with Crippen LogP contribution in [0, 0.1) is 0 Å². The van der Waals surface area contributed by atoms with Crippen LogP contribution in [0.2, 0.25) is 5.02 Å². The Morgan fingerprint density at radius 3 is 2.40 bits per heavy atom. The first-order valence-electron chi connectivity index (χ1n) is 9.56. The summed E-state index contributed by atoms with van der Waals surface area (Å²) < 4.78 is 38.3. The topological polar surface area (TPSA) is 76.2 Å². The summed E-state index contributed by atoms with van der Waals surface area (Å²) in [6.45, 7) is 1.91. The van der Waals surface area contributed by atoms with Crippen LogP contribution in [0.5, 0.6) is 11.5 Å². The highest BCUT2D eigenvalue weighted by molar-refractivity contribution is 7.89. The number of ether oxygens (including phenoxy) is 2. The van der Waals surface area contributed by atoms with Gasteiger partial charge in [-0.3, -0.25) is 4.79 Å². The Balaban J connectivity index is 1.40. The zero-order valence-corrected chi connectivity index (χ0v) is 17.7. The molecule has 0 aliphatic carbocycles. The molecule has 0 radical (unpaired) electrons. The average Bonchev–Trinajstić information content (AvgIpc) is 2.78. The van der Waals surface area contributed by atoms with Crippen molar-refractivity contribution >= 4 is 33.6 Å². The molecule has 2 aliphatic heterocycles. The summed E-state index contributed by atoms with van der Waals surface area (Å²) in [5, 5.41) is 0.567. The van der Waals surface area contributed by atoms with Gasteiger partial charge in [-0.15, -0.1) is 0 Å². The molecule has 158 valence electrons. The SMILES string of the molecule is O=C(/C=C/c1ccccc1Cl)N1CCN(S(=O)(=O)c2ccc3c(c2)OCCO3)CC1. The molecule has 1 amide bonds. The highest BCUT2D eigenvalue weighted by atomic mass is 35.5. The molecule has 30 heavy (non-hydrogen) atoms. The second-order valence-electron chi connectivity index (χ2n) is 6.89. The maximum Gasteiger partial charge on any atom is 0.246 e. The maximum absolute atomic E-state index is 13.0. The Hall–Kier alpha value is -2.55. The normalized spacial score (nSPS) is 17.3. The van der Waals surface area contributed by atoms with Gasteiger partial charge < -0.3 is 14.4 Å². The minimum atomic E-state index is -3.68. The first-order valence-corrected chi connectivity index (χ1v) is 11.4. The highest BCUT2D eigenvalue weighted by Crippen LogP contribution is 2.33. The van der Waals surface area contributed by atoms with Gasteiger partial charge in [0, 0.05) is 43.3 Å². The van der Waals surface area contributed by atoms with E-state index in [1.165, 1.54) is 22.5 Å². The lowest BCUT2D eigenvalue weighted by molar-refractivity contribution is -0.127. The number of fused-ring (bicyclic) bond motifs is 1. The molecule has 0 unspecified atom stereocenters. The molecule has 0 atom stereocenters. The van der Waals surface area contributed by atoms with E-state index in [4.69, 9.17) is 21.1 Å². The summed E-state index contributed by atoms with van der Waals surface area (Å²) in [5.74, 6) is 0.799. The number of piperazine rings is 1. The zero-order valence-electron chi connectivity index (χ0n) is 16.2. The first kappa shape index (κ1) is 20.7. The van der Waals surface area contributed by atoms with Crippen molar-refractivity contribution in [3.8, 4) is 11.5 Å².